The summed E-state index contributed by atoms with van der Waals surface area (Å²) in [4.78, 5) is 18.0. The van der Waals surface area contributed by atoms with E-state index in [0.29, 0.717) is 11.5 Å². The number of allylic oxidation sites excluding steroid dienone is 1. The molecular formula is C7H4N2O. The van der Waals surface area contributed by atoms with Crippen LogP contribution in [0.1, 0.15) is 0 Å². The molecular weight excluding hydrogens is 128 g/mol. The highest BCUT2D eigenvalue weighted by Crippen LogP contribution is 2.15. The monoisotopic (exact) mass is 132 g/mol. The zero-order chi connectivity index (χ0) is 6.97. The zero-order valence-electron chi connectivity index (χ0n) is 5.11. The van der Waals surface area contributed by atoms with Gasteiger partial charge in [-0.25, -0.2) is 9.98 Å². The number of hydrogen-bond acceptors (Lipinski definition) is 3. The first-order chi connectivity index (χ1) is 4.90. The second kappa shape index (κ2) is 1.73. The van der Waals surface area contributed by atoms with E-state index in [0.717, 1.165) is 11.9 Å². The number of aliphatic imine (C=N–C) groups is 2. The summed E-state index contributed by atoms with van der Waals surface area (Å²) in [6, 6.07) is 0. The first kappa shape index (κ1) is 5.29. The Hall–Kier alpha value is -1.51. The lowest BCUT2D eigenvalue weighted by Crippen LogP contribution is -1.90. The molecule has 0 radical (unpaired) electrons. The summed E-state index contributed by atoms with van der Waals surface area (Å²) in [5.41, 5.74) is 1.39. The maximum absolute atomic E-state index is 10.2. The highest BCUT2D eigenvalue weighted by molar-refractivity contribution is 6.41. The molecule has 0 saturated carbocycles. The average Bonchev–Trinajstić information content (AvgIpc) is 2.42. The van der Waals surface area contributed by atoms with Gasteiger partial charge in [0.1, 0.15) is 5.71 Å². The predicted molar refractivity (Wildman–Crippen MR) is 38.2 cm³/mol. The standard InChI is InChI=1S/C7H4N2O/c10-4-6-3-5-1-2-8-7(5)9-6/h1-4H. The SMILES string of the molecule is O=CC1=NC2=NC=CC2=C1. The molecule has 0 aromatic carbocycles. The molecule has 0 bridgehead atoms. The van der Waals surface area contributed by atoms with Crippen LogP contribution >= 0.6 is 0 Å². The average molecular weight is 132 g/mol. The molecule has 0 unspecified atom stereocenters. The maximum atomic E-state index is 10.2. The van der Waals surface area contributed by atoms with Crippen LogP contribution in [-0.2, 0) is 4.79 Å². The van der Waals surface area contributed by atoms with Crippen molar-refractivity contribution in [3.63, 3.8) is 0 Å². The minimum Gasteiger partial charge on any atom is -0.296 e. The molecule has 2 rings (SSSR count). The van der Waals surface area contributed by atoms with Gasteiger partial charge < -0.3 is 0 Å². The molecule has 0 aliphatic carbocycles. The number of nitrogens with zero attached hydrogens (tertiary/aromatic N) is 2. The summed E-state index contributed by atoms with van der Waals surface area (Å²) >= 11 is 0. The fourth-order valence-electron chi connectivity index (χ4n) is 0.918. The molecule has 48 valence electrons. The van der Waals surface area contributed by atoms with Gasteiger partial charge in [-0.05, 0) is 12.2 Å². The predicted octanol–water partition coefficient (Wildman–Crippen LogP) is 0.492. The van der Waals surface area contributed by atoms with E-state index in [1.807, 2.05) is 6.08 Å². The van der Waals surface area contributed by atoms with Crippen LogP contribution in [0, 0.1) is 0 Å². The van der Waals surface area contributed by atoms with E-state index in [9.17, 15) is 4.79 Å². The van der Waals surface area contributed by atoms with Crippen LogP contribution in [-0.4, -0.2) is 17.8 Å². The Morgan fingerprint density at radius 3 is 3.10 bits per heavy atom. The number of carbonyl (C=O) groups is 1. The molecule has 3 heteroatoms. The van der Waals surface area contributed by atoms with Crippen LogP contribution in [0.2, 0.25) is 0 Å². The smallest absolute Gasteiger partial charge is 0.168 e. The summed E-state index contributed by atoms with van der Waals surface area (Å²) in [6.07, 6.45) is 5.94. The van der Waals surface area contributed by atoms with Crippen LogP contribution in [0.25, 0.3) is 0 Å². The van der Waals surface area contributed by atoms with Gasteiger partial charge in [-0.15, -0.1) is 0 Å². The van der Waals surface area contributed by atoms with E-state index in [-0.39, 0.29) is 0 Å². The minimum absolute atomic E-state index is 0.457. The van der Waals surface area contributed by atoms with Crippen LogP contribution in [0.15, 0.2) is 33.9 Å². The summed E-state index contributed by atoms with van der Waals surface area (Å²) in [6.45, 7) is 0. The second-order valence-corrected chi connectivity index (χ2v) is 2.02. The number of hydrogen-bond donors (Lipinski definition) is 0. The van der Waals surface area contributed by atoms with E-state index in [4.69, 9.17) is 0 Å². The van der Waals surface area contributed by atoms with E-state index in [1.54, 1.807) is 12.3 Å². The highest BCUT2D eigenvalue weighted by Gasteiger charge is 2.14. The quantitative estimate of drug-likeness (QED) is 0.479. The third-order valence-electron chi connectivity index (χ3n) is 1.37. The Morgan fingerprint density at radius 2 is 2.40 bits per heavy atom. The van der Waals surface area contributed by atoms with Gasteiger partial charge in [0.15, 0.2) is 12.1 Å². The van der Waals surface area contributed by atoms with Gasteiger partial charge in [0, 0.05) is 11.8 Å². The molecule has 3 nitrogen and oxygen atoms in total. The van der Waals surface area contributed by atoms with Crippen molar-refractivity contribution in [1.82, 2.24) is 0 Å². The number of amidine groups is 1. The molecule has 0 saturated heterocycles. The fraction of sp³-hybridized carbons (Fsp3) is 0. The zero-order valence-corrected chi connectivity index (χ0v) is 5.11. The van der Waals surface area contributed by atoms with Crippen LogP contribution in [0.5, 0.6) is 0 Å². The van der Waals surface area contributed by atoms with Crippen molar-refractivity contribution in [2.45, 2.75) is 0 Å². The lowest BCUT2D eigenvalue weighted by atomic mass is 10.2. The van der Waals surface area contributed by atoms with Gasteiger partial charge >= 0.3 is 0 Å². The Bertz CT molecular complexity index is 308. The Kier molecular flexibility index (Phi) is 0.917. The largest absolute Gasteiger partial charge is 0.296 e. The molecule has 0 spiro atoms. The van der Waals surface area contributed by atoms with Gasteiger partial charge in [0.2, 0.25) is 0 Å². The summed E-state index contributed by atoms with van der Waals surface area (Å²) in [5.74, 6) is 0.655. The van der Waals surface area contributed by atoms with E-state index < -0.39 is 0 Å². The summed E-state index contributed by atoms with van der Waals surface area (Å²) in [7, 11) is 0. The topological polar surface area (TPSA) is 41.8 Å². The van der Waals surface area contributed by atoms with Crippen molar-refractivity contribution in [2.75, 3.05) is 0 Å². The Labute approximate surface area is 57.5 Å². The van der Waals surface area contributed by atoms with Gasteiger partial charge in [-0.3, -0.25) is 4.79 Å². The second-order valence-electron chi connectivity index (χ2n) is 2.02. The van der Waals surface area contributed by atoms with Gasteiger partial charge in [0.25, 0.3) is 0 Å². The van der Waals surface area contributed by atoms with Crippen LogP contribution < -0.4 is 0 Å². The van der Waals surface area contributed by atoms with Gasteiger partial charge in [-0.2, -0.15) is 0 Å². The molecule has 0 aromatic rings. The van der Waals surface area contributed by atoms with Crippen LogP contribution in [0.3, 0.4) is 0 Å². The molecule has 0 fully saturated rings. The molecule has 2 heterocycles. The molecule has 2 aliphatic heterocycles. The minimum atomic E-state index is 0.457. The first-order valence-corrected chi connectivity index (χ1v) is 2.90. The number of aldehydes is 1. The Balaban J connectivity index is 2.46. The third kappa shape index (κ3) is 0.572. The van der Waals surface area contributed by atoms with Crippen molar-refractivity contribution in [3.8, 4) is 0 Å². The summed E-state index contributed by atoms with van der Waals surface area (Å²) in [5, 5.41) is 0. The molecule has 0 aromatic heterocycles. The van der Waals surface area contributed by atoms with E-state index in [1.165, 1.54) is 0 Å². The number of carbonyl (C=O) groups excluding carboxylic acids is 1. The third-order valence-corrected chi connectivity index (χ3v) is 1.37. The van der Waals surface area contributed by atoms with E-state index in [2.05, 4.69) is 9.98 Å². The van der Waals surface area contributed by atoms with Crippen molar-refractivity contribution in [3.05, 3.63) is 23.9 Å². The highest BCUT2D eigenvalue weighted by atomic mass is 16.1. The molecule has 2 aliphatic rings. The van der Waals surface area contributed by atoms with Gasteiger partial charge in [0.05, 0.1) is 0 Å². The fourth-order valence-corrected chi connectivity index (χ4v) is 0.918. The molecule has 0 atom stereocenters. The lowest BCUT2D eigenvalue weighted by Gasteiger charge is -1.81. The normalized spacial score (nSPS) is 19.8. The van der Waals surface area contributed by atoms with Crippen molar-refractivity contribution < 1.29 is 4.79 Å². The summed E-state index contributed by atoms with van der Waals surface area (Å²) < 4.78 is 0. The van der Waals surface area contributed by atoms with Crippen molar-refractivity contribution >= 4 is 17.8 Å². The molecule has 0 amide bonds. The lowest BCUT2D eigenvalue weighted by molar-refractivity contribution is -0.102. The number of rotatable bonds is 1. The molecule has 10 heavy (non-hydrogen) atoms. The first-order valence-electron chi connectivity index (χ1n) is 2.90. The number of fused-ring (bicyclic) bond motifs is 1. The van der Waals surface area contributed by atoms with Gasteiger partial charge in [-0.1, -0.05) is 0 Å². The van der Waals surface area contributed by atoms with E-state index >= 15 is 0 Å². The van der Waals surface area contributed by atoms with Crippen LogP contribution in [0.4, 0.5) is 0 Å². The molecule has 0 N–H and O–H groups in total. The van der Waals surface area contributed by atoms with Crippen molar-refractivity contribution in [2.24, 2.45) is 9.98 Å². The van der Waals surface area contributed by atoms with Crippen molar-refractivity contribution in [1.29, 1.82) is 0 Å². The maximum Gasteiger partial charge on any atom is 0.168 e. The Morgan fingerprint density at radius 1 is 1.50 bits per heavy atom.